The highest BCUT2D eigenvalue weighted by molar-refractivity contribution is 5.57. The van der Waals surface area contributed by atoms with Gasteiger partial charge in [0.2, 0.25) is 6.79 Å². The van der Waals surface area contributed by atoms with Crippen molar-refractivity contribution >= 4 is 6.29 Å². The van der Waals surface area contributed by atoms with Crippen LogP contribution in [0.3, 0.4) is 0 Å². The fourth-order valence-electron chi connectivity index (χ4n) is 1.49. The van der Waals surface area contributed by atoms with Crippen LogP contribution >= 0.6 is 0 Å². The number of rotatable bonds is 4. The summed E-state index contributed by atoms with van der Waals surface area (Å²) in [5, 5.41) is 0. The summed E-state index contributed by atoms with van der Waals surface area (Å²) in [6, 6.07) is 5.62. The number of fused-ring (bicyclic) bond motifs is 1. The molecule has 0 saturated carbocycles. The van der Waals surface area contributed by atoms with Crippen molar-refractivity contribution in [3.63, 3.8) is 0 Å². The molecular formula is C11H12O4. The highest BCUT2D eigenvalue weighted by Gasteiger charge is 2.14. The predicted molar refractivity (Wildman–Crippen MR) is 53.1 cm³/mol. The summed E-state index contributed by atoms with van der Waals surface area (Å²) >= 11 is 0. The molecule has 0 amide bonds. The van der Waals surface area contributed by atoms with Gasteiger partial charge in [0.25, 0.3) is 0 Å². The number of benzene rings is 1. The molecule has 1 heterocycles. The average molecular weight is 208 g/mol. The zero-order chi connectivity index (χ0) is 10.7. The normalized spacial score (nSPS) is 15.0. The number of carbonyl (C=O) groups excluding carboxylic acids is 1. The van der Waals surface area contributed by atoms with Gasteiger partial charge in [0, 0.05) is 13.5 Å². The van der Waals surface area contributed by atoms with Crippen molar-refractivity contribution in [1.29, 1.82) is 0 Å². The predicted octanol–water partition coefficient (Wildman–Crippen LogP) is 1.17. The zero-order valence-electron chi connectivity index (χ0n) is 8.43. The molecule has 4 heteroatoms. The number of ether oxygens (including phenoxy) is 3. The fourth-order valence-corrected chi connectivity index (χ4v) is 1.49. The van der Waals surface area contributed by atoms with Gasteiger partial charge >= 0.3 is 0 Å². The van der Waals surface area contributed by atoms with Gasteiger partial charge in [0.05, 0.1) is 0 Å². The molecule has 0 bridgehead atoms. The van der Waals surface area contributed by atoms with Crippen molar-refractivity contribution in [3.8, 4) is 11.5 Å². The average Bonchev–Trinajstić information content (AvgIpc) is 2.73. The molecule has 0 aliphatic carbocycles. The van der Waals surface area contributed by atoms with Gasteiger partial charge in [0.1, 0.15) is 12.4 Å². The van der Waals surface area contributed by atoms with E-state index in [1.807, 2.05) is 18.2 Å². The van der Waals surface area contributed by atoms with Crippen LogP contribution in [0.2, 0.25) is 0 Å². The Morgan fingerprint density at radius 1 is 1.47 bits per heavy atom. The number of methoxy groups -OCH3 is 1. The van der Waals surface area contributed by atoms with Crippen LogP contribution in [0.4, 0.5) is 0 Å². The van der Waals surface area contributed by atoms with E-state index in [0.29, 0.717) is 6.42 Å². The van der Waals surface area contributed by atoms with Crippen LogP contribution in [0.1, 0.15) is 5.56 Å². The molecular weight excluding hydrogens is 196 g/mol. The summed E-state index contributed by atoms with van der Waals surface area (Å²) in [4.78, 5) is 10.6. The Balaban J connectivity index is 2.12. The van der Waals surface area contributed by atoms with E-state index in [2.05, 4.69) is 0 Å². The number of aldehydes is 1. The summed E-state index contributed by atoms with van der Waals surface area (Å²) in [7, 11) is 1.52. The third kappa shape index (κ3) is 2.10. The van der Waals surface area contributed by atoms with Gasteiger partial charge in [-0.1, -0.05) is 6.07 Å². The van der Waals surface area contributed by atoms with Gasteiger partial charge in [-0.3, -0.25) is 0 Å². The molecule has 0 aromatic heterocycles. The van der Waals surface area contributed by atoms with Crippen molar-refractivity contribution in [1.82, 2.24) is 0 Å². The monoisotopic (exact) mass is 208 g/mol. The number of hydrogen-bond donors (Lipinski definition) is 0. The van der Waals surface area contributed by atoms with E-state index in [1.54, 1.807) is 0 Å². The van der Waals surface area contributed by atoms with Crippen LogP contribution in [-0.4, -0.2) is 26.3 Å². The van der Waals surface area contributed by atoms with Gasteiger partial charge in [-0.05, 0) is 17.7 Å². The maximum absolute atomic E-state index is 10.6. The molecule has 1 aromatic carbocycles. The number of carbonyl (C=O) groups is 1. The van der Waals surface area contributed by atoms with Gasteiger partial charge < -0.3 is 19.0 Å². The summed E-state index contributed by atoms with van der Waals surface area (Å²) in [5.41, 5.74) is 0.998. The standard InChI is InChI=1S/C11H12O4/c1-13-9(6-12)4-8-2-3-10-11(5-8)15-7-14-10/h2-3,5-6,9H,4,7H2,1H3. The first kappa shape index (κ1) is 9.98. The Morgan fingerprint density at radius 3 is 3.00 bits per heavy atom. The lowest BCUT2D eigenvalue weighted by atomic mass is 10.1. The van der Waals surface area contributed by atoms with Crippen LogP contribution in [-0.2, 0) is 16.0 Å². The minimum absolute atomic E-state index is 0.264. The second kappa shape index (κ2) is 4.31. The summed E-state index contributed by atoms with van der Waals surface area (Å²) in [5.74, 6) is 1.48. The van der Waals surface area contributed by atoms with Gasteiger partial charge in [-0.15, -0.1) is 0 Å². The molecule has 1 aliphatic rings. The largest absolute Gasteiger partial charge is 0.454 e. The van der Waals surface area contributed by atoms with E-state index >= 15 is 0 Å². The molecule has 1 aliphatic heterocycles. The van der Waals surface area contributed by atoms with E-state index in [1.165, 1.54) is 7.11 Å². The molecule has 1 unspecified atom stereocenters. The lowest BCUT2D eigenvalue weighted by molar-refractivity contribution is -0.116. The first-order valence-corrected chi connectivity index (χ1v) is 4.70. The Labute approximate surface area is 87.8 Å². The van der Waals surface area contributed by atoms with E-state index in [9.17, 15) is 4.79 Å². The molecule has 0 fully saturated rings. The lowest BCUT2D eigenvalue weighted by Crippen LogP contribution is -2.15. The second-order valence-corrected chi connectivity index (χ2v) is 3.30. The minimum Gasteiger partial charge on any atom is -0.454 e. The SMILES string of the molecule is COC(C=O)Cc1ccc2c(c1)OCO2. The molecule has 0 N–H and O–H groups in total. The highest BCUT2D eigenvalue weighted by atomic mass is 16.7. The first-order chi connectivity index (χ1) is 7.33. The Hall–Kier alpha value is -1.55. The number of hydrogen-bond acceptors (Lipinski definition) is 4. The molecule has 1 atom stereocenters. The molecule has 0 spiro atoms. The van der Waals surface area contributed by atoms with Gasteiger partial charge in [0.15, 0.2) is 11.5 Å². The van der Waals surface area contributed by atoms with Crippen molar-refractivity contribution in [2.24, 2.45) is 0 Å². The zero-order valence-corrected chi connectivity index (χ0v) is 8.43. The highest BCUT2D eigenvalue weighted by Crippen LogP contribution is 2.32. The third-order valence-electron chi connectivity index (χ3n) is 2.33. The van der Waals surface area contributed by atoms with Crippen LogP contribution in [0, 0.1) is 0 Å². The Kier molecular flexibility index (Phi) is 2.87. The molecule has 1 aromatic rings. The summed E-state index contributed by atoms with van der Waals surface area (Å²) in [6.45, 7) is 0.264. The van der Waals surface area contributed by atoms with E-state index in [0.717, 1.165) is 23.3 Å². The molecule has 15 heavy (non-hydrogen) atoms. The lowest BCUT2D eigenvalue weighted by Gasteiger charge is -2.08. The summed E-state index contributed by atoms with van der Waals surface area (Å²) in [6.07, 6.45) is 0.951. The van der Waals surface area contributed by atoms with Crippen LogP contribution in [0.15, 0.2) is 18.2 Å². The van der Waals surface area contributed by atoms with Crippen molar-refractivity contribution in [2.45, 2.75) is 12.5 Å². The van der Waals surface area contributed by atoms with Crippen LogP contribution < -0.4 is 9.47 Å². The smallest absolute Gasteiger partial charge is 0.231 e. The Bertz CT molecular complexity index is 362. The molecule has 2 rings (SSSR count). The molecule has 80 valence electrons. The fraction of sp³-hybridized carbons (Fsp3) is 0.364. The maximum Gasteiger partial charge on any atom is 0.231 e. The van der Waals surface area contributed by atoms with E-state index < -0.39 is 6.10 Å². The van der Waals surface area contributed by atoms with E-state index in [4.69, 9.17) is 14.2 Å². The topological polar surface area (TPSA) is 44.8 Å². The minimum atomic E-state index is -0.398. The van der Waals surface area contributed by atoms with Crippen LogP contribution in [0.25, 0.3) is 0 Å². The molecule has 0 radical (unpaired) electrons. The first-order valence-electron chi connectivity index (χ1n) is 4.70. The third-order valence-corrected chi connectivity index (χ3v) is 2.33. The van der Waals surface area contributed by atoms with Crippen molar-refractivity contribution in [2.75, 3.05) is 13.9 Å². The van der Waals surface area contributed by atoms with Crippen molar-refractivity contribution < 1.29 is 19.0 Å². The molecule has 0 saturated heterocycles. The van der Waals surface area contributed by atoms with Gasteiger partial charge in [-0.25, -0.2) is 0 Å². The Morgan fingerprint density at radius 2 is 2.27 bits per heavy atom. The summed E-state index contributed by atoms with van der Waals surface area (Å²) < 4.78 is 15.4. The molecule has 4 nitrogen and oxygen atoms in total. The quantitative estimate of drug-likeness (QED) is 0.697. The second-order valence-electron chi connectivity index (χ2n) is 3.30. The van der Waals surface area contributed by atoms with Crippen LogP contribution in [0.5, 0.6) is 11.5 Å². The van der Waals surface area contributed by atoms with Crippen molar-refractivity contribution in [3.05, 3.63) is 23.8 Å². The van der Waals surface area contributed by atoms with Gasteiger partial charge in [-0.2, -0.15) is 0 Å². The van der Waals surface area contributed by atoms with E-state index in [-0.39, 0.29) is 6.79 Å². The maximum atomic E-state index is 10.6.